The zero-order valence-corrected chi connectivity index (χ0v) is 12.5. The van der Waals surface area contributed by atoms with E-state index in [0.29, 0.717) is 23.6 Å². The van der Waals surface area contributed by atoms with Crippen LogP contribution in [0.4, 0.5) is 0 Å². The summed E-state index contributed by atoms with van der Waals surface area (Å²) in [4.78, 5) is 37.1. The number of rotatable bonds is 2. The number of nitrogens with zero attached hydrogens (tertiary/aromatic N) is 3. The second-order valence-corrected chi connectivity index (χ2v) is 5.60. The fourth-order valence-electron chi connectivity index (χ4n) is 2.85. The van der Waals surface area contributed by atoms with Crippen molar-refractivity contribution in [2.24, 2.45) is 0 Å². The van der Waals surface area contributed by atoms with Crippen molar-refractivity contribution in [2.75, 3.05) is 13.1 Å². The average Bonchev–Trinajstić information content (AvgIpc) is 2.54. The van der Waals surface area contributed by atoms with Gasteiger partial charge in [-0.25, -0.2) is 4.98 Å². The van der Waals surface area contributed by atoms with E-state index >= 15 is 0 Å². The van der Waals surface area contributed by atoms with Gasteiger partial charge in [-0.05, 0) is 31.9 Å². The number of aryl methyl sites for hydroxylation is 1. The maximum Gasteiger partial charge on any atom is 0.255 e. The molecule has 0 radical (unpaired) electrons. The summed E-state index contributed by atoms with van der Waals surface area (Å²) in [6, 6.07) is 5.00. The summed E-state index contributed by atoms with van der Waals surface area (Å²) in [6.07, 6.45) is 5.05. The Morgan fingerprint density at radius 3 is 3.05 bits per heavy atom. The molecule has 3 heterocycles. The number of aromatic nitrogens is 3. The molecular formula is C16H18N4O2. The van der Waals surface area contributed by atoms with Gasteiger partial charge in [0.25, 0.3) is 11.5 Å². The smallest absolute Gasteiger partial charge is 0.255 e. The van der Waals surface area contributed by atoms with E-state index in [4.69, 9.17) is 0 Å². The van der Waals surface area contributed by atoms with Gasteiger partial charge < -0.3 is 9.88 Å². The monoisotopic (exact) mass is 298 g/mol. The summed E-state index contributed by atoms with van der Waals surface area (Å²) in [7, 11) is 0. The number of piperidine rings is 1. The lowest BCUT2D eigenvalue weighted by atomic mass is 9.96. The van der Waals surface area contributed by atoms with Crippen LogP contribution in [0.5, 0.6) is 0 Å². The summed E-state index contributed by atoms with van der Waals surface area (Å²) < 4.78 is 0. The summed E-state index contributed by atoms with van der Waals surface area (Å²) >= 11 is 0. The van der Waals surface area contributed by atoms with Gasteiger partial charge in [-0.3, -0.25) is 14.6 Å². The van der Waals surface area contributed by atoms with Crippen LogP contribution in [0.25, 0.3) is 0 Å². The molecule has 22 heavy (non-hydrogen) atoms. The maximum atomic E-state index is 12.5. The Hall–Kier alpha value is -2.50. The lowest BCUT2D eigenvalue weighted by Crippen LogP contribution is -2.40. The molecule has 1 saturated heterocycles. The molecule has 1 fully saturated rings. The van der Waals surface area contributed by atoms with Crippen molar-refractivity contribution in [3.8, 4) is 0 Å². The zero-order valence-electron chi connectivity index (χ0n) is 12.5. The van der Waals surface area contributed by atoms with Gasteiger partial charge in [-0.2, -0.15) is 0 Å². The van der Waals surface area contributed by atoms with Crippen LogP contribution >= 0.6 is 0 Å². The third kappa shape index (κ3) is 3.05. The molecule has 0 saturated carbocycles. The molecule has 0 spiro atoms. The van der Waals surface area contributed by atoms with Crippen molar-refractivity contribution >= 4 is 5.91 Å². The van der Waals surface area contributed by atoms with E-state index in [0.717, 1.165) is 19.4 Å². The third-order valence-electron chi connectivity index (χ3n) is 3.89. The van der Waals surface area contributed by atoms with E-state index in [1.165, 1.54) is 6.07 Å². The number of pyridine rings is 1. The van der Waals surface area contributed by atoms with Crippen molar-refractivity contribution in [3.05, 3.63) is 58.0 Å². The van der Waals surface area contributed by atoms with Gasteiger partial charge in [0.1, 0.15) is 5.82 Å². The fourth-order valence-corrected chi connectivity index (χ4v) is 2.85. The number of carbonyl (C=O) groups excluding carboxylic acids is 1. The minimum Gasteiger partial charge on any atom is -0.338 e. The van der Waals surface area contributed by atoms with Crippen molar-refractivity contribution in [3.63, 3.8) is 0 Å². The second kappa shape index (κ2) is 6.09. The normalized spacial score (nSPS) is 18.2. The Labute approximate surface area is 128 Å². The first-order valence-corrected chi connectivity index (χ1v) is 7.40. The predicted molar refractivity (Wildman–Crippen MR) is 81.7 cm³/mol. The quantitative estimate of drug-likeness (QED) is 0.911. The molecule has 1 N–H and O–H groups in total. The molecule has 1 amide bonds. The first-order valence-electron chi connectivity index (χ1n) is 7.40. The highest BCUT2D eigenvalue weighted by Gasteiger charge is 2.27. The van der Waals surface area contributed by atoms with Gasteiger partial charge in [-0.1, -0.05) is 0 Å². The van der Waals surface area contributed by atoms with Crippen LogP contribution in [0.3, 0.4) is 0 Å². The van der Waals surface area contributed by atoms with E-state index in [2.05, 4.69) is 15.0 Å². The Balaban J connectivity index is 1.79. The van der Waals surface area contributed by atoms with Gasteiger partial charge in [0.05, 0.1) is 5.56 Å². The average molecular weight is 298 g/mol. The number of amides is 1. The highest BCUT2D eigenvalue weighted by Crippen LogP contribution is 2.25. The summed E-state index contributed by atoms with van der Waals surface area (Å²) in [6.45, 7) is 3.10. The van der Waals surface area contributed by atoms with Crippen molar-refractivity contribution in [2.45, 2.75) is 25.7 Å². The molecule has 0 aromatic carbocycles. The molecule has 0 bridgehead atoms. The van der Waals surface area contributed by atoms with Gasteiger partial charge >= 0.3 is 0 Å². The SMILES string of the molecule is Cc1cc(=O)[nH]c([C@H]2CCCN(C(=O)c3cccnc3)C2)n1. The molecule has 1 aliphatic heterocycles. The first kappa shape index (κ1) is 14.4. The molecule has 6 nitrogen and oxygen atoms in total. The summed E-state index contributed by atoms with van der Waals surface area (Å²) in [5.74, 6) is 0.725. The van der Waals surface area contributed by atoms with Crippen LogP contribution in [0.15, 0.2) is 35.4 Å². The van der Waals surface area contributed by atoms with Crippen LogP contribution < -0.4 is 5.56 Å². The standard InChI is InChI=1S/C16H18N4O2/c1-11-8-14(21)19-15(18-11)13-5-3-7-20(10-13)16(22)12-4-2-6-17-9-12/h2,4,6,8-9,13H,3,5,7,10H2,1H3,(H,18,19,21)/t13-/m0/s1. The molecule has 114 valence electrons. The van der Waals surface area contributed by atoms with E-state index in [1.807, 2.05) is 4.90 Å². The molecule has 0 aliphatic carbocycles. The second-order valence-electron chi connectivity index (χ2n) is 5.60. The van der Waals surface area contributed by atoms with Gasteiger partial charge in [0, 0.05) is 43.2 Å². The minimum absolute atomic E-state index is 0.0206. The van der Waals surface area contributed by atoms with E-state index < -0.39 is 0 Å². The molecule has 0 unspecified atom stereocenters. The van der Waals surface area contributed by atoms with Crippen LogP contribution in [0.1, 0.15) is 40.6 Å². The molecule has 6 heteroatoms. The Kier molecular flexibility index (Phi) is 4.00. The number of aromatic amines is 1. The number of hydrogen-bond acceptors (Lipinski definition) is 4. The number of hydrogen-bond donors (Lipinski definition) is 1. The van der Waals surface area contributed by atoms with Crippen molar-refractivity contribution < 1.29 is 4.79 Å². The summed E-state index contributed by atoms with van der Waals surface area (Å²) in [5, 5.41) is 0. The molecular weight excluding hydrogens is 280 g/mol. The van der Waals surface area contributed by atoms with Crippen molar-refractivity contribution in [1.82, 2.24) is 19.9 Å². The molecule has 1 aliphatic rings. The van der Waals surface area contributed by atoms with E-state index in [9.17, 15) is 9.59 Å². The molecule has 2 aromatic heterocycles. The molecule has 2 aromatic rings. The Morgan fingerprint density at radius 2 is 2.32 bits per heavy atom. The number of nitrogens with one attached hydrogen (secondary N) is 1. The fraction of sp³-hybridized carbons (Fsp3) is 0.375. The number of carbonyl (C=O) groups is 1. The minimum atomic E-state index is -0.141. The maximum absolute atomic E-state index is 12.5. The number of H-pyrrole nitrogens is 1. The van der Waals surface area contributed by atoms with Crippen molar-refractivity contribution in [1.29, 1.82) is 0 Å². The van der Waals surface area contributed by atoms with Crippen LogP contribution in [-0.4, -0.2) is 38.8 Å². The van der Waals surface area contributed by atoms with Gasteiger partial charge in [0.2, 0.25) is 0 Å². The Bertz CT molecular complexity index is 726. The third-order valence-corrected chi connectivity index (χ3v) is 3.89. The lowest BCUT2D eigenvalue weighted by molar-refractivity contribution is 0.0704. The van der Waals surface area contributed by atoms with Crippen LogP contribution in [-0.2, 0) is 0 Å². The van der Waals surface area contributed by atoms with Gasteiger partial charge in [0.15, 0.2) is 0 Å². The zero-order chi connectivity index (χ0) is 15.5. The van der Waals surface area contributed by atoms with Crippen LogP contribution in [0, 0.1) is 6.92 Å². The summed E-state index contributed by atoms with van der Waals surface area (Å²) in [5.41, 5.74) is 1.15. The van der Waals surface area contributed by atoms with E-state index in [1.54, 1.807) is 31.5 Å². The Morgan fingerprint density at radius 1 is 1.45 bits per heavy atom. The lowest BCUT2D eigenvalue weighted by Gasteiger charge is -2.32. The highest BCUT2D eigenvalue weighted by atomic mass is 16.2. The van der Waals surface area contributed by atoms with E-state index in [-0.39, 0.29) is 17.4 Å². The van der Waals surface area contributed by atoms with Crippen LogP contribution in [0.2, 0.25) is 0 Å². The first-order chi connectivity index (χ1) is 10.6. The predicted octanol–water partition coefficient (Wildman–Crippen LogP) is 1.49. The number of likely N-dealkylation sites (tertiary alicyclic amines) is 1. The molecule has 3 rings (SSSR count). The highest BCUT2D eigenvalue weighted by molar-refractivity contribution is 5.93. The largest absolute Gasteiger partial charge is 0.338 e. The topological polar surface area (TPSA) is 79.0 Å². The van der Waals surface area contributed by atoms with Gasteiger partial charge in [-0.15, -0.1) is 0 Å². The molecule has 1 atom stereocenters.